The molecule has 192 valence electrons. The number of carbonyl (C=O) groups excluding carboxylic acids is 1. The fraction of sp³-hybridized carbons (Fsp3) is 0.385. The van der Waals surface area contributed by atoms with Crippen LogP contribution in [-0.2, 0) is 9.47 Å². The summed E-state index contributed by atoms with van der Waals surface area (Å²) >= 11 is 0. The molecule has 0 aromatic heterocycles. The molecule has 2 saturated heterocycles. The van der Waals surface area contributed by atoms with Gasteiger partial charge in [-0.15, -0.1) is 0 Å². The van der Waals surface area contributed by atoms with Crippen molar-refractivity contribution < 1.29 is 33.1 Å². The highest BCUT2D eigenvalue weighted by Crippen LogP contribution is 2.39. The number of nitrogens with two attached hydrogens (primary N) is 1. The molecular formula is C26H32FN4O5+. The zero-order chi connectivity index (χ0) is 25.7. The van der Waals surface area contributed by atoms with E-state index < -0.39 is 5.82 Å². The molecule has 2 aromatic rings. The number of likely N-dealkylation sites (tertiary alicyclic amines) is 1. The number of nitrogens with zero attached hydrogens (tertiary/aromatic N) is 1. The maximum absolute atomic E-state index is 14.9. The summed E-state index contributed by atoms with van der Waals surface area (Å²) in [5, 5.41) is 2.87. The van der Waals surface area contributed by atoms with E-state index in [0.717, 1.165) is 12.0 Å². The van der Waals surface area contributed by atoms with Crippen LogP contribution in [-0.4, -0.2) is 62.8 Å². The van der Waals surface area contributed by atoms with E-state index in [1.807, 2.05) is 13.0 Å². The number of nitrogens with one attached hydrogen (secondary N) is 2. The van der Waals surface area contributed by atoms with Crippen molar-refractivity contribution in [3.63, 3.8) is 0 Å². The molecule has 1 amide bonds. The van der Waals surface area contributed by atoms with Crippen LogP contribution in [0.1, 0.15) is 35.4 Å². The van der Waals surface area contributed by atoms with Gasteiger partial charge < -0.3 is 29.2 Å². The Bertz CT molecular complexity index is 1150. The molecule has 10 heteroatoms. The van der Waals surface area contributed by atoms with Gasteiger partial charge in [0.1, 0.15) is 17.6 Å². The first-order valence-corrected chi connectivity index (χ1v) is 11.8. The minimum absolute atomic E-state index is 0.00405. The molecule has 0 spiro atoms. The lowest BCUT2D eigenvalue weighted by Crippen LogP contribution is -2.77. The molecule has 2 aromatic carbocycles. The third kappa shape index (κ3) is 6.32. The lowest BCUT2D eigenvalue weighted by Gasteiger charge is -2.30. The number of ether oxygens (including phenoxy) is 4. The highest BCUT2D eigenvalue weighted by atomic mass is 19.1. The van der Waals surface area contributed by atoms with Crippen LogP contribution in [0.3, 0.4) is 0 Å². The monoisotopic (exact) mass is 499 g/mol. The Morgan fingerprint density at radius 2 is 2.08 bits per heavy atom. The SMILES string of the molecule is CN/C=C\C(N)=[NH+]/C1OC1c1cc(Oc2ccc(C(=O)N3CCC3)cc2F)cc(O[C@@H](C)COC)c1. The van der Waals surface area contributed by atoms with Crippen molar-refractivity contribution in [3.8, 4) is 17.2 Å². The molecule has 2 aliphatic rings. The fourth-order valence-electron chi connectivity index (χ4n) is 3.79. The van der Waals surface area contributed by atoms with Gasteiger partial charge in [-0.2, -0.15) is 0 Å². The smallest absolute Gasteiger partial charge is 0.269 e. The average Bonchev–Trinajstić information content (AvgIpc) is 3.57. The molecule has 4 rings (SSSR count). The highest BCUT2D eigenvalue weighted by Gasteiger charge is 2.43. The second-order valence-corrected chi connectivity index (χ2v) is 8.71. The number of carbonyl (C=O) groups is 1. The summed E-state index contributed by atoms with van der Waals surface area (Å²) in [6.07, 6.45) is 3.53. The summed E-state index contributed by atoms with van der Waals surface area (Å²) in [5.41, 5.74) is 7.03. The van der Waals surface area contributed by atoms with Gasteiger partial charge in [0.2, 0.25) is 6.23 Å². The Morgan fingerprint density at radius 1 is 1.31 bits per heavy atom. The number of halogens is 1. The lowest BCUT2D eigenvalue weighted by atomic mass is 10.1. The summed E-state index contributed by atoms with van der Waals surface area (Å²) in [6, 6.07) is 9.52. The zero-order valence-corrected chi connectivity index (χ0v) is 20.6. The number of benzene rings is 2. The quantitative estimate of drug-likeness (QED) is 0.244. The predicted molar refractivity (Wildman–Crippen MR) is 131 cm³/mol. The first-order valence-electron chi connectivity index (χ1n) is 11.8. The molecule has 2 fully saturated rings. The minimum atomic E-state index is -0.622. The van der Waals surface area contributed by atoms with E-state index in [2.05, 4.69) is 10.3 Å². The predicted octanol–water partition coefficient (Wildman–Crippen LogP) is 1.45. The molecule has 36 heavy (non-hydrogen) atoms. The molecule has 2 unspecified atom stereocenters. The van der Waals surface area contributed by atoms with Gasteiger partial charge in [0.15, 0.2) is 17.7 Å². The Balaban J connectivity index is 1.55. The summed E-state index contributed by atoms with van der Waals surface area (Å²) in [4.78, 5) is 17.2. The molecule has 3 atom stereocenters. The number of methoxy groups -OCH3 is 1. The Hall–Kier alpha value is -3.63. The number of rotatable bonds is 11. The highest BCUT2D eigenvalue weighted by molar-refractivity contribution is 5.94. The van der Waals surface area contributed by atoms with Gasteiger partial charge in [0.05, 0.1) is 6.61 Å². The van der Waals surface area contributed by atoms with Crippen LogP contribution in [0.2, 0.25) is 0 Å². The summed E-state index contributed by atoms with van der Waals surface area (Å²) < 4.78 is 37.6. The normalized spacial score (nSPS) is 20.1. The van der Waals surface area contributed by atoms with E-state index >= 15 is 0 Å². The van der Waals surface area contributed by atoms with Crippen LogP contribution in [0.5, 0.6) is 17.2 Å². The van der Waals surface area contributed by atoms with Gasteiger partial charge in [0, 0.05) is 51.2 Å². The minimum Gasteiger partial charge on any atom is -0.488 e. The maximum atomic E-state index is 14.9. The molecule has 4 N–H and O–H groups in total. The van der Waals surface area contributed by atoms with Crippen LogP contribution in [0.25, 0.3) is 0 Å². The first-order chi connectivity index (χ1) is 17.4. The Labute approximate surface area is 209 Å². The molecular weight excluding hydrogens is 467 g/mol. The second kappa shape index (κ2) is 11.4. The van der Waals surface area contributed by atoms with Crippen LogP contribution in [0.15, 0.2) is 48.7 Å². The standard InChI is InChI=1S/C26H31FN4O5/c1-16(15-33-3)34-19-11-18(24-25(36-24)30-23(28)7-8-29-2)12-20(14-19)35-22-6-5-17(13-21(22)27)26(32)31-9-4-10-31/h5-8,11-14,16,24-25,29H,4,9-10,15H2,1-3H3,(H2,28,30)/p+1/b8-7-/t16-,24?,25?/m0/s1. The van der Waals surface area contributed by atoms with Crippen LogP contribution in [0, 0.1) is 5.82 Å². The van der Waals surface area contributed by atoms with Crippen LogP contribution >= 0.6 is 0 Å². The van der Waals surface area contributed by atoms with Crippen LogP contribution in [0.4, 0.5) is 4.39 Å². The van der Waals surface area contributed by atoms with Crippen molar-refractivity contribution in [1.29, 1.82) is 0 Å². The van der Waals surface area contributed by atoms with Gasteiger partial charge in [-0.3, -0.25) is 10.5 Å². The number of amidine groups is 1. The first kappa shape index (κ1) is 25.5. The van der Waals surface area contributed by atoms with Crippen molar-refractivity contribution in [1.82, 2.24) is 10.2 Å². The fourth-order valence-corrected chi connectivity index (χ4v) is 3.79. The molecule has 0 radical (unpaired) electrons. The van der Waals surface area contributed by atoms with E-state index in [1.54, 1.807) is 49.5 Å². The van der Waals surface area contributed by atoms with Crippen molar-refractivity contribution in [2.45, 2.75) is 31.8 Å². The summed E-state index contributed by atoms with van der Waals surface area (Å²) in [5.74, 6) is 0.547. The third-order valence-corrected chi connectivity index (χ3v) is 5.75. The average molecular weight is 500 g/mol. The van der Waals surface area contributed by atoms with Crippen molar-refractivity contribution in [2.24, 2.45) is 5.73 Å². The summed E-state index contributed by atoms with van der Waals surface area (Å²) in [6.45, 7) is 3.68. The number of hydrogen-bond acceptors (Lipinski definition) is 6. The topological polar surface area (TPSA) is 113 Å². The van der Waals surface area contributed by atoms with E-state index in [4.69, 9.17) is 24.7 Å². The third-order valence-electron chi connectivity index (χ3n) is 5.75. The number of epoxide rings is 1. The lowest BCUT2D eigenvalue weighted by molar-refractivity contribution is -0.496. The largest absolute Gasteiger partial charge is 0.488 e. The molecule has 2 aliphatic heterocycles. The second-order valence-electron chi connectivity index (χ2n) is 8.71. The van der Waals surface area contributed by atoms with E-state index in [9.17, 15) is 9.18 Å². The van der Waals surface area contributed by atoms with Gasteiger partial charge >= 0.3 is 0 Å². The molecule has 0 bridgehead atoms. The number of amides is 1. The van der Waals surface area contributed by atoms with Crippen molar-refractivity contribution in [2.75, 3.05) is 33.9 Å². The zero-order valence-electron chi connectivity index (χ0n) is 20.6. The number of hydrogen-bond donors (Lipinski definition) is 3. The van der Waals surface area contributed by atoms with E-state index in [0.29, 0.717) is 42.6 Å². The van der Waals surface area contributed by atoms with E-state index in [-0.39, 0.29) is 30.1 Å². The van der Waals surface area contributed by atoms with Crippen molar-refractivity contribution in [3.05, 3.63) is 65.6 Å². The van der Waals surface area contributed by atoms with Gasteiger partial charge in [-0.1, -0.05) is 0 Å². The van der Waals surface area contributed by atoms with Gasteiger partial charge in [0.25, 0.3) is 11.7 Å². The van der Waals surface area contributed by atoms with Crippen LogP contribution < -0.4 is 25.5 Å². The Kier molecular flexibility index (Phi) is 8.07. The van der Waals surface area contributed by atoms with Crippen molar-refractivity contribution >= 4 is 11.7 Å². The molecule has 2 heterocycles. The van der Waals surface area contributed by atoms with Gasteiger partial charge in [-0.25, -0.2) is 9.38 Å². The van der Waals surface area contributed by atoms with E-state index in [1.165, 1.54) is 12.1 Å². The van der Waals surface area contributed by atoms with Gasteiger partial charge in [-0.05, 0) is 49.2 Å². The molecule has 0 aliphatic carbocycles. The maximum Gasteiger partial charge on any atom is 0.269 e. The molecule has 9 nitrogen and oxygen atoms in total. The Morgan fingerprint density at radius 3 is 2.75 bits per heavy atom. The molecule has 0 saturated carbocycles. The summed E-state index contributed by atoms with van der Waals surface area (Å²) in [7, 11) is 3.38.